The first-order valence-electron chi connectivity index (χ1n) is 8.58. The lowest BCUT2D eigenvalue weighted by Gasteiger charge is -2.09. The monoisotopic (exact) mass is 495 g/mol. The van der Waals surface area contributed by atoms with Crippen molar-refractivity contribution >= 4 is 60.6 Å². The summed E-state index contributed by atoms with van der Waals surface area (Å²) in [6, 6.07) is 22.9. The van der Waals surface area contributed by atoms with Crippen molar-refractivity contribution in [3.63, 3.8) is 0 Å². The summed E-state index contributed by atoms with van der Waals surface area (Å²) in [5, 5.41) is 3.00. The lowest BCUT2D eigenvalue weighted by atomic mass is 10.1. The van der Waals surface area contributed by atoms with Gasteiger partial charge in [-0.05, 0) is 54.1 Å². The van der Waals surface area contributed by atoms with Crippen molar-refractivity contribution in [1.82, 2.24) is 15.3 Å². The largest absolute Gasteiger partial charge is 0.337 e. The molecule has 0 aliphatic carbocycles. The molecule has 0 saturated heterocycles. The molecule has 0 atom stereocenters. The molecule has 0 bridgehead atoms. The maximum absolute atomic E-state index is 12.8. The van der Waals surface area contributed by atoms with Gasteiger partial charge in [0.1, 0.15) is 0 Å². The number of imidazole rings is 1. The standard InChI is InChI=1S/C22H15Br2N3O/c23-16-10-8-14(9-11-16)12-20(21-25-18-6-1-2-7-19(18)26-21)27-22(28)15-4-3-5-17(24)13-15/h1-13H,(H,25,26)(H,27,28)/b20-12+. The Labute approximate surface area is 179 Å². The number of H-pyrrole nitrogens is 1. The van der Waals surface area contributed by atoms with E-state index in [1.165, 1.54) is 0 Å². The number of halogens is 2. The van der Waals surface area contributed by atoms with E-state index in [4.69, 9.17) is 0 Å². The van der Waals surface area contributed by atoms with Crippen LogP contribution in [0.3, 0.4) is 0 Å². The molecule has 0 aliphatic heterocycles. The summed E-state index contributed by atoms with van der Waals surface area (Å²) in [6.45, 7) is 0. The molecule has 0 unspecified atom stereocenters. The van der Waals surface area contributed by atoms with Gasteiger partial charge in [-0.15, -0.1) is 0 Å². The molecular weight excluding hydrogens is 482 g/mol. The van der Waals surface area contributed by atoms with E-state index in [0.29, 0.717) is 17.1 Å². The van der Waals surface area contributed by atoms with Crippen molar-refractivity contribution in [2.75, 3.05) is 0 Å². The van der Waals surface area contributed by atoms with Gasteiger partial charge in [-0.2, -0.15) is 0 Å². The number of rotatable bonds is 4. The smallest absolute Gasteiger partial charge is 0.255 e. The molecule has 0 spiro atoms. The van der Waals surface area contributed by atoms with Crippen molar-refractivity contribution in [3.8, 4) is 0 Å². The second-order valence-electron chi connectivity index (χ2n) is 6.18. The Morgan fingerprint density at radius 1 is 0.929 bits per heavy atom. The summed E-state index contributed by atoms with van der Waals surface area (Å²) in [5.41, 5.74) is 3.87. The fraction of sp³-hybridized carbons (Fsp3) is 0. The summed E-state index contributed by atoms with van der Waals surface area (Å²) in [4.78, 5) is 20.7. The minimum absolute atomic E-state index is 0.204. The fourth-order valence-electron chi connectivity index (χ4n) is 2.79. The van der Waals surface area contributed by atoms with Crippen LogP contribution in [-0.4, -0.2) is 15.9 Å². The summed E-state index contributed by atoms with van der Waals surface area (Å²) in [6.07, 6.45) is 1.90. The molecular formula is C22H15Br2N3O. The number of benzene rings is 3. The number of fused-ring (bicyclic) bond motifs is 1. The van der Waals surface area contributed by atoms with Gasteiger partial charge in [0, 0.05) is 14.5 Å². The molecule has 1 amide bonds. The third kappa shape index (κ3) is 4.24. The summed E-state index contributed by atoms with van der Waals surface area (Å²) in [5.74, 6) is 0.401. The highest BCUT2D eigenvalue weighted by molar-refractivity contribution is 9.10. The van der Waals surface area contributed by atoms with Gasteiger partial charge in [-0.3, -0.25) is 4.79 Å². The summed E-state index contributed by atoms with van der Waals surface area (Å²) < 4.78 is 1.84. The lowest BCUT2D eigenvalue weighted by Crippen LogP contribution is -2.22. The van der Waals surface area contributed by atoms with E-state index >= 15 is 0 Å². The number of para-hydroxylation sites is 2. The van der Waals surface area contributed by atoms with Crippen LogP contribution in [0.25, 0.3) is 22.8 Å². The van der Waals surface area contributed by atoms with Crippen molar-refractivity contribution in [3.05, 3.63) is 98.7 Å². The van der Waals surface area contributed by atoms with Gasteiger partial charge in [0.15, 0.2) is 5.82 Å². The van der Waals surface area contributed by atoms with Gasteiger partial charge in [-0.25, -0.2) is 4.98 Å². The molecule has 28 heavy (non-hydrogen) atoms. The number of hydrogen-bond donors (Lipinski definition) is 2. The van der Waals surface area contributed by atoms with E-state index in [-0.39, 0.29) is 5.91 Å². The molecule has 1 aromatic heterocycles. The zero-order valence-electron chi connectivity index (χ0n) is 14.6. The van der Waals surface area contributed by atoms with Crippen LogP contribution in [0.5, 0.6) is 0 Å². The Kier molecular flexibility index (Phi) is 5.41. The van der Waals surface area contributed by atoms with E-state index in [9.17, 15) is 4.79 Å². The predicted molar refractivity (Wildman–Crippen MR) is 120 cm³/mol. The maximum Gasteiger partial charge on any atom is 0.255 e. The fourth-order valence-corrected chi connectivity index (χ4v) is 3.46. The van der Waals surface area contributed by atoms with Gasteiger partial charge in [0.05, 0.1) is 16.7 Å². The number of nitrogens with zero attached hydrogens (tertiary/aromatic N) is 1. The normalized spacial score (nSPS) is 11.6. The number of aromatic nitrogens is 2. The second-order valence-corrected chi connectivity index (χ2v) is 8.01. The molecule has 4 nitrogen and oxygen atoms in total. The van der Waals surface area contributed by atoms with Crippen LogP contribution < -0.4 is 5.32 Å². The molecule has 138 valence electrons. The third-order valence-electron chi connectivity index (χ3n) is 4.16. The molecule has 3 aromatic carbocycles. The van der Waals surface area contributed by atoms with Crippen molar-refractivity contribution in [2.24, 2.45) is 0 Å². The molecule has 2 N–H and O–H groups in total. The van der Waals surface area contributed by atoms with Gasteiger partial charge in [0.25, 0.3) is 5.91 Å². The second kappa shape index (κ2) is 8.12. The number of nitrogens with one attached hydrogen (secondary N) is 2. The first-order chi connectivity index (χ1) is 13.6. The highest BCUT2D eigenvalue weighted by Gasteiger charge is 2.13. The zero-order chi connectivity index (χ0) is 19.5. The molecule has 6 heteroatoms. The molecule has 0 fully saturated rings. The highest BCUT2D eigenvalue weighted by Crippen LogP contribution is 2.20. The van der Waals surface area contributed by atoms with Crippen molar-refractivity contribution < 1.29 is 4.79 Å². The van der Waals surface area contributed by atoms with Crippen LogP contribution in [0.15, 0.2) is 81.7 Å². The number of hydrogen-bond acceptors (Lipinski definition) is 2. The van der Waals surface area contributed by atoms with Crippen LogP contribution in [-0.2, 0) is 0 Å². The zero-order valence-corrected chi connectivity index (χ0v) is 17.8. The molecule has 0 radical (unpaired) electrons. The Morgan fingerprint density at radius 3 is 2.46 bits per heavy atom. The Morgan fingerprint density at radius 2 is 1.71 bits per heavy atom. The quantitative estimate of drug-likeness (QED) is 0.363. The summed E-state index contributed by atoms with van der Waals surface area (Å²) >= 11 is 6.85. The van der Waals surface area contributed by atoms with E-state index in [1.54, 1.807) is 12.1 Å². The topological polar surface area (TPSA) is 57.8 Å². The summed E-state index contributed by atoms with van der Waals surface area (Å²) in [7, 11) is 0. The van der Waals surface area contributed by atoms with E-state index in [1.807, 2.05) is 66.7 Å². The van der Waals surface area contributed by atoms with Gasteiger partial charge in [-0.1, -0.05) is 62.2 Å². The number of aromatic amines is 1. The SMILES string of the molecule is O=C(N/C(=C/c1ccc(Br)cc1)c1nc2ccccc2[nH]1)c1cccc(Br)c1. The van der Waals surface area contributed by atoms with Crippen molar-refractivity contribution in [2.45, 2.75) is 0 Å². The number of amides is 1. The first-order valence-corrected chi connectivity index (χ1v) is 10.2. The average molecular weight is 497 g/mol. The van der Waals surface area contributed by atoms with Crippen LogP contribution in [0.2, 0.25) is 0 Å². The average Bonchev–Trinajstić information content (AvgIpc) is 3.13. The number of carbonyl (C=O) groups excluding carboxylic acids is 1. The Bertz CT molecular complexity index is 1150. The van der Waals surface area contributed by atoms with E-state index in [0.717, 1.165) is 25.5 Å². The molecule has 0 saturated carbocycles. The van der Waals surface area contributed by atoms with Gasteiger partial charge >= 0.3 is 0 Å². The molecule has 1 heterocycles. The van der Waals surface area contributed by atoms with Crippen LogP contribution in [0.4, 0.5) is 0 Å². The van der Waals surface area contributed by atoms with Gasteiger partial charge < -0.3 is 10.3 Å². The first kappa shape index (κ1) is 18.7. The Balaban J connectivity index is 1.74. The molecule has 4 aromatic rings. The van der Waals surface area contributed by atoms with Gasteiger partial charge in [0.2, 0.25) is 0 Å². The van der Waals surface area contributed by atoms with E-state index < -0.39 is 0 Å². The third-order valence-corrected chi connectivity index (χ3v) is 5.18. The highest BCUT2D eigenvalue weighted by atomic mass is 79.9. The number of carbonyl (C=O) groups is 1. The Hall–Kier alpha value is -2.70. The van der Waals surface area contributed by atoms with Crippen LogP contribution in [0.1, 0.15) is 21.7 Å². The molecule has 0 aliphatic rings. The predicted octanol–water partition coefficient (Wildman–Crippen LogP) is 6.02. The van der Waals surface area contributed by atoms with Crippen LogP contribution in [0, 0.1) is 0 Å². The van der Waals surface area contributed by atoms with Crippen LogP contribution >= 0.6 is 31.9 Å². The lowest BCUT2D eigenvalue weighted by molar-refractivity contribution is 0.0973. The van der Waals surface area contributed by atoms with E-state index in [2.05, 4.69) is 47.1 Å². The van der Waals surface area contributed by atoms with Crippen molar-refractivity contribution in [1.29, 1.82) is 0 Å². The molecule has 4 rings (SSSR count). The maximum atomic E-state index is 12.8. The minimum atomic E-state index is -0.204. The minimum Gasteiger partial charge on any atom is -0.337 e.